The maximum absolute atomic E-state index is 9.42. The Morgan fingerprint density at radius 2 is 2.22 bits per heavy atom. The predicted molar refractivity (Wildman–Crippen MR) is 88.7 cm³/mol. The monoisotopic (exact) mass is 323 g/mol. The lowest BCUT2D eigenvalue weighted by atomic mass is 10.1. The Morgan fingerprint density at radius 3 is 2.96 bits per heavy atom. The van der Waals surface area contributed by atoms with Crippen LogP contribution in [0.15, 0.2) is 46.3 Å². The van der Waals surface area contributed by atoms with Gasteiger partial charge in [-0.25, -0.2) is 0 Å². The Bertz CT molecular complexity index is 860. The summed E-state index contributed by atoms with van der Waals surface area (Å²) in [5.74, 6) is 1.39. The van der Waals surface area contributed by atoms with Crippen molar-refractivity contribution in [1.29, 1.82) is 5.26 Å². The van der Waals surface area contributed by atoms with E-state index in [2.05, 4.69) is 16.2 Å². The van der Waals surface area contributed by atoms with Crippen LogP contribution in [-0.2, 0) is 0 Å². The number of thiophene rings is 1. The quantitative estimate of drug-likeness (QED) is 0.656. The van der Waals surface area contributed by atoms with Crippen LogP contribution < -0.4 is 4.74 Å². The Balaban J connectivity index is 1.96. The third-order valence-electron chi connectivity index (χ3n) is 3.04. The molecule has 0 aliphatic rings. The molecule has 0 radical (unpaired) electrons. The molecule has 2 aromatic heterocycles. The molecule has 5 nitrogen and oxygen atoms in total. The zero-order chi connectivity index (χ0) is 16.1. The summed E-state index contributed by atoms with van der Waals surface area (Å²) >= 11 is 1.51. The maximum atomic E-state index is 9.42. The van der Waals surface area contributed by atoms with Crippen LogP contribution in [0.2, 0.25) is 0 Å². The zero-order valence-corrected chi connectivity index (χ0v) is 13.2. The van der Waals surface area contributed by atoms with Crippen LogP contribution in [0, 0.1) is 11.3 Å². The van der Waals surface area contributed by atoms with Crippen molar-refractivity contribution in [3.05, 3.63) is 53.2 Å². The van der Waals surface area contributed by atoms with E-state index in [9.17, 15) is 5.26 Å². The second-order valence-corrected chi connectivity index (χ2v) is 5.49. The normalized spacial score (nSPS) is 11.2. The minimum atomic E-state index is 0.196. The van der Waals surface area contributed by atoms with Gasteiger partial charge in [-0.2, -0.15) is 10.2 Å². The number of nitriles is 1. The topological polar surface area (TPSA) is 71.9 Å². The van der Waals surface area contributed by atoms with Gasteiger partial charge >= 0.3 is 0 Å². The van der Waals surface area contributed by atoms with Crippen molar-refractivity contribution in [3.63, 3.8) is 0 Å². The summed E-state index contributed by atoms with van der Waals surface area (Å²) in [5, 5.41) is 15.3. The SMILES string of the molecule is CCOc1ccccc1/C=C(\C#N)c1nc(-c2cccs2)no1. The smallest absolute Gasteiger partial charge is 0.268 e. The minimum Gasteiger partial charge on any atom is -0.493 e. The van der Waals surface area contributed by atoms with E-state index in [0.29, 0.717) is 23.8 Å². The first-order valence-electron chi connectivity index (χ1n) is 7.03. The van der Waals surface area contributed by atoms with Crippen LogP contribution in [0.25, 0.3) is 22.4 Å². The Morgan fingerprint density at radius 1 is 1.35 bits per heavy atom. The molecule has 0 saturated heterocycles. The number of aromatic nitrogens is 2. The molecule has 6 heteroatoms. The number of para-hydroxylation sites is 1. The van der Waals surface area contributed by atoms with E-state index in [1.165, 1.54) is 11.3 Å². The number of rotatable bonds is 5. The van der Waals surface area contributed by atoms with Crippen molar-refractivity contribution in [1.82, 2.24) is 10.1 Å². The Hall–Kier alpha value is -2.91. The van der Waals surface area contributed by atoms with Crippen LogP contribution in [0.4, 0.5) is 0 Å². The van der Waals surface area contributed by atoms with E-state index in [1.54, 1.807) is 6.08 Å². The fourth-order valence-corrected chi connectivity index (χ4v) is 2.67. The van der Waals surface area contributed by atoms with Crippen molar-refractivity contribution in [2.24, 2.45) is 0 Å². The van der Waals surface area contributed by atoms with Gasteiger partial charge in [0, 0.05) is 5.56 Å². The molecule has 0 unspecified atom stereocenters. The highest BCUT2D eigenvalue weighted by atomic mass is 32.1. The van der Waals surface area contributed by atoms with Gasteiger partial charge in [-0.3, -0.25) is 0 Å². The van der Waals surface area contributed by atoms with E-state index in [1.807, 2.05) is 48.7 Å². The van der Waals surface area contributed by atoms with Crippen molar-refractivity contribution in [3.8, 4) is 22.5 Å². The fraction of sp³-hybridized carbons (Fsp3) is 0.118. The molecule has 0 bridgehead atoms. The van der Waals surface area contributed by atoms with Gasteiger partial charge in [-0.1, -0.05) is 29.4 Å². The first-order chi connectivity index (χ1) is 11.3. The minimum absolute atomic E-state index is 0.196. The van der Waals surface area contributed by atoms with E-state index in [-0.39, 0.29) is 5.89 Å². The second kappa shape index (κ2) is 6.90. The summed E-state index contributed by atoms with van der Waals surface area (Å²) in [6.45, 7) is 2.47. The molecule has 0 saturated carbocycles. The van der Waals surface area contributed by atoms with Gasteiger partial charge in [0.25, 0.3) is 5.89 Å². The lowest BCUT2D eigenvalue weighted by Crippen LogP contribution is -1.93. The van der Waals surface area contributed by atoms with Gasteiger partial charge in [0.2, 0.25) is 5.82 Å². The lowest BCUT2D eigenvalue weighted by molar-refractivity contribution is 0.339. The molecule has 0 amide bonds. The second-order valence-electron chi connectivity index (χ2n) is 4.54. The molecular weight excluding hydrogens is 310 g/mol. The van der Waals surface area contributed by atoms with Gasteiger partial charge in [0.05, 0.1) is 11.5 Å². The van der Waals surface area contributed by atoms with Crippen molar-refractivity contribution in [2.45, 2.75) is 6.92 Å². The molecule has 0 fully saturated rings. The summed E-state index contributed by atoms with van der Waals surface area (Å²) in [7, 11) is 0. The van der Waals surface area contributed by atoms with Crippen LogP contribution in [-0.4, -0.2) is 16.7 Å². The van der Waals surface area contributed by atoms with Gasteiger partial charge in [0.1, 0.15) is 17.4 Å². The van der Waals surface area contributed by atoms with Crippen LogP contribution >= 0.6 is 11.3 Å². The van der Waals surface area contributed by atoms with E-state index in [4.69, 9.17) is 9.26 Å². The maximum Gasteiger partial charge on any atom is 0.268 e. The number of ether oxygens (including phenoxy) is 1. The highest BCUT2D eigenvalue weighted by molar-refractivity contribution is 7.13. The van der Waals surface area contributed by atoms with Gasteiger partial charge in [0.15, 0.2) is 0 Å². The molecular formula is C17H13N3O2S. The molecule has 0 aliphatic carbocycles. The van der Waals surface area contributed by atoms with Crippen molar-refractivity contribution >= 4 is 23.0 Å². The first-order valence-corrected chi connectivity index (χ1v) is 7.91. The highest BCUT2D eigenvalue weighted by Crippen LogP contribution is 2.26. The zero-order valence-electron chi connectivity index (χ0n) is 12.4. The number of hydrogen-bond donors (Lipinski definition) is 0. The van der Waals surface area contributed by atoms with E-state index < -0.39 is 0 Å². The average Bonchev–Trinajstić information content (AvgIpc) is 3.25. The van der Waals surface area contributed by atoms with Crippen LogP contribution in [0.3, 0.4) is 0 Å². The summed E-state index contributed by atoms with van der Waals surface area (Å²) in [6.07, 6.45) is 1.69. The molecule has 0 atom stereocenters. The lowest BCUT2D eigenvalue weighted by Gasteiger charge is -2.06. The number of benzene rings is 1. The van der Waals surface area contributed by atoms with Gasteiger partial charge in [-0.05, 0) is 30.5 Å². The van der Waals surface area contributed by atoms with Crippen molar-refractivity contribution < 1.29 is 9.26 Å². The van der Waals surface area contributed by atoms with Gasteiger partial charge in [-0.15, -0.1) is 11.3 Å². The molecule has 23 heavy (non-hydrogen) atoms. The molecule has 0 aliphatic heterocycles. The molecule has 3 rings (SSSR count). The van der Waals surface area contributed by atoms with E-state index in [0.717, 1.165) is 10.4 Å². The summed E-state index contributed by atoms with van der Waals surface area (Å²) < 4.78 is 10.8. The third-order valence-corrected chi connectivity index (χ3v) is 3.90. The van der Waals surface area contributed by atoms with Crippen LogP contribution in [0.5, 0.6) is 5.75 Å². The number of hydrogen-bond acceptors (Lipinski definition) is 6. The summed E-state index contributed by atoms with van der Waals surface area (Å²) in [5.41, 5.74) is 1.09. The molecule has 3 aromatic rings. The number of allylic oxidation sites excluding steroid dienone is 1. The molecule has 114 valence electrons. The Kier molecular flexibility index (Phi) is 4.50. The predicted octanol–water partition coefficient (Wildman–Crippen LogP) is 4.26. The first kappa shape index (κ1) is 15.0. The fourth-order valence-electron chi connectivity index (χ4n) is 2.02. The summed E-state index contributed by atoms with van der Waals surface area (Å²) in [4.78, 5) is 5.19. The molecule has 0 spiro atoms. The van der Waals surface area contributed by atoms with Crippen LogP contribution in [0.1, 0.15) is 18.4 Å². The van der Waals surface area contributed by atoms with E-state index >= 15 is 0 Å². The third kappa shape index (κ3) is 3.30. The standard InChI is InChI=1S/C17H13N3O2S/c1-2-21-14-7-4-3-6-12(14)10-13(11-18)17-19-16(20-22-17)15-8-5-9-23-15/h3-10H,2H2,1H3/b13-10+. The molecule has 0 N–H and O–H groups in total. The number of nitrogens with zero attached hydrogens (tertiary/aromatic N) is 3. The average molecular weight is 323 g/mol. The Labute approximate surface area is 137 Å². The highest BCUT2D eigenvalue weighted by Gasteiger charge is 2.14. The van der Waals surface area contributed by atoms with Gasteiger partial charge < -0.3 is 9.26 Å². The van der Waals surface area contributed by atoms with Crippen molar-refractivity contribution in [2.75, 3.05) is 6.61 Å². The molecule has 1 aromatic carbocycles. The largest absolute Gasteiger partial charge is 0.493 e. The summed E-state index contributed by atoms with van der Waals surface area (Å²) in [6, 6.07) is 13.4. The molecule has 2 heterocycles.